The van der Waals surface area contributed by atoms with E-state index in [1.54, 1.807) is 12.1 Å². The van der Waals surface area contributed by atoms with Crippen LogP contribution in [0.5, 0.6) is 5.75 Å². The van der Waals surface area contributed by atoms with Crippen LogP contribution in [0, 0.1) is 5.82 Å². The summed E-state index contributed by atoms with van der Waals surface area (Å²) in [7, 11) is 1.48. The van der Waals surface area contributed by atoms with Crippen LogP contribution < -0.4 is 10.1 Å². The molecule has 0 aromatic heterocycles. The maximum Gasteiger partial charge on any atom is 0.223 e. The number of halogens is 1. The third kappa shape index (κ3) is 5.16. The molecule has 26 heavy (non-hydrogen) atoms. The Morgan fingerprint density at radius 3 is 2.46 bits per heavy atom. The molecule has 0 unspecified atom stereocenters. The van der Waals surface area contributed by atoms with Gasteiger partial charge in [-0.25, -0.2) is 4.39 Å². The molecule has 1 aromatic rings. The Hall–Kier alpha value is -1.70. The predicted octanol–water partition coefficient (Wildman–Crippen LogP) is 0.774. The quantitative estimate of drug-likeness (QED) is 0.808. The van der Waals surface area contributed by atoms with E-state index in [-0.39, 0.29) is 17.5 Å². The van der Waals surface area contributed by atoms with Crippen LogP contribution in [-0.2, 0) is 11.3 Å². The Labute approximate surface area is 154 Å². The molecule has 0 aliphatic carbocycles. The lowest BCUT2D eigenvalue weighted by atomic mass is 10.1. The van der Waals surface area contributed by atoms with Gasteiger partial charge in [-0.1, -0.05) is 6.07 Å². The lowest BCUT2D eigenvalue weighted by molar-refractivity contribution is -0.132. The first-order valence-corrected chi connectivity index (χ1v) is 9.41. The number of hydrogen-bond acceptors (Lipinski definition) is 5. The van der Waals surface area contributed by atoms with E-state index in [9.17, 15) is 9.18 Å². The highest BCUT2D eigenvalue weighted by Crippen LogP contribution is 2.19. The second kappa shape index (κ2) is 9.30. The third-order valence-electron chi connectivity index (χ3n) is 5.20. The minimum absolute atomic E-state index is 0.266. The van der Waals surface area contributed by atoms with Crippen molar-refractivity contribution < 1.29 is 13.9 Å². The van der Waals surface area contributed by atoms with E-state index >= 15 is 0 Å². The van der Waals surface area contributed by atoms with E-state index in [2.05, 4.69) is 15.1 Å². The summed E-state index contributed by atoms with van der Waals surface area (Å²) in [6.07, 6.45) is 0.601. The van der Waals surface area contributed by atoms with Gasteiger partial charge in [0.05, 0.1) is 7.11 Å². The van der Waals surface area contributed by atoms with Gasteiger partial charge in [0.15, 0.2) is 11.6 Å². The number of piperazine rings is 2. The largest absolute Gasteiger partial charge is 0.494 e. The first-order valence-electron chi connectivity index (χ1n) is 9.41. The molecule has 0 spiro atoms. The molecule has 1 aromatic carbocycles. The van der Waals surface area contributed by atoms with Gasteiger partial charge in [0.25, 0.3) is 0 Å². The van der Waals surface area contributed by atoms with Crippen molar-refractivity contribution in [1.29, 1.82) is 0 Å². The Morgan fingerprint density at radius 1 is 1.12 bits per heavy atom. The van der Waals surface area contributed by atoms with Crippen molar-refractivity contribution >= 4 is 5.91 Å². The van der Waals surface area contributed by atoms with Crippen molar-refractivity contribution in [1.82, 2.24) is 20.0 Å². The average Bonchev–Trinajstić information content (AvgIpc) is 2.68. The molecule has 2 heterocycles. The van der Waals surface area contributed by atoms with E-state index < -0.39 is 0 Å². The van der Waals surface area contributed by atoms with Crippen LogP contribution >= 0.6 is 0 Å². The molecular weight excluding hydrogens is 335 g/mol. The number of carbonyl (C=O) groups excluding carboxylic acids is 1. The fraction of sp³-hybridized carbons (Fsp3) is 0.632. The number of carbonyl (C=O) groups is 1. The minimum atomic E-state index is -0.310. The Kier molecular flexibility index (Phi) is 6.82. The second-order valence-corrected chi connectivity index (χ2v) is 6.97. The summed E-state index contributed by atoms with van der Waals surface area (Å²) in [5.74, 6) is 0.241. The number of hydrogen-bond donors (Lipinski definition) is 1. The summed E-state index contributed by atoms with van der Waals surface area (Å²) in [5.41, 5.74) is 0.964. The lowest BCUT2D eigenvalue weighted by Gasteiger charge is -2.35. The normalized spacial score (nSPS) is 19.5. The van der Waals surface area contributed by atoms with Gasteiger partial charge in [-0.3, -0.25) is 9.69 Å². The standard InChI is InChI=1S/C19H29FN4O2/c1-26-18-3-2-16(14-17(18)20)15-23-12-10-22(11-13-23)7-4-19(25)24-8-5-21-6-9-24/h2-3,14,21H,4-13,15H2,1H3. The first-order chi connectivity index (χ1) is 12.7. The zero-order valence-electron chi connectivity index (χ0n) is 15.5. The zero-order chi connectivity index (χ0) is 18.4. The maximum absolute atomic E-state index is 13.8. The molecule has 0 radical (unpaired) electrons. The predicted molar refractivity (Wildman–Crippen MR) is 98.7 cm³/mol. The molecule has 6 nitrogen and oxygen atoms in total. The van der Waals surface area contributed by atoms with Crippen LogP contribution in [0.4, 0.5) is 4.39 Å². The van der Waals surface area contributed by atoms with Gasteiger partial charge in [0, 0.05) is 71.9 Å². The fourth-order valence-corrected chi connectivity index (χ4v) is 3.56. The van der Waals surface area contributed by atoms with Gasteiger partial charge >= 0.3 is 0 Å². The number of nitrogens with zero attached hydrogens (tertiary/aromatic N) is 3. The lowest BCUT2D eigenvalue weighted by Crippen LogP contribution is -2.49. The molecule has 0 bridgehead atoms. The highest BCUT2D eigenvalue weighted by molar-refractivity contribution is 5.76. The van der Waals surface area contributed by atoms with Gasteiger partial charge in [-0.05, 0) is 17.7 Å². The summed E-state index contributed by atoms with van der Waals surface area (Å²) >= 11 is 0. The summed E-state index contributed by atoms with van der Waals surface area (Å²) in [6.45, 7) is 8.80. The van der Waals surface area contributed by atoms with E-state index in [4.69, 9.17) is 4.74 Å². The molecule has 144 valence electrons. The summed E-state index contributed by atoms with van der Waals surface area (Å²) in [5, 5.41) is 3.27. The van der Waals surface area contributed by atoms with Crippen molar-refractivity contribution in [3.05, 3.63) is 29.6 Å². The van der Waals surface area contributed by atoms with Crippen LogP contribution in [0.15, 0.2) is 18.2 Å². The Balaban J connectivity index is 1.38. The van der Waals surface area contributed by atoms with Crippen LogP contribution in [0.25, 0.3) is 0 Å². The average molecular weight is 364 g/mol. The van der Waals surface area contributed by atoms with Crippen LogP contribution in [0.2, 0.25) is 0 Å². The molecular formula is C19H29FN4O2. The molecule has 0 saturated carbocycles. The molecule has 3 rings (SSSR count). The fourth-order valence-electron chi connectivity index (χ4n) is 3.56. The van der Waals surface area contributed by atoms with Crippen molar-refractivity contribution in [3.8, 4) is 5.75 Å². The highest BCUT2D eigenvalue weighted by Gasteiger charge is 2.20. The van der Waals surface area contributed by atoms with Gasteiger partial charge in [0.2, 0.25) is 5.91 Å². The number of ether oxygens (including phenoxy) is 1. The molecule has 1 amide bonds. The maximum atomic E-state index is 13.8. The smallest absolute Gasteiger partial charge is 0.223 e. The number of rotatable bonds is 6. The molecule has 2 aliphatic heterocycles. The van der Waals surface area contributed by atoms with Gasteiger partial charge in [0.1, 0.15) is 0 Å². The summed E-state index contributed by atoms with van der Waals surface area (Å²) in [6, 6.07) is 5.15. The van der Waals surface area contributed by atoms with Crippen molar-refractivity contribution in [2.75, 3.05) is 66.0 Å². The second-order valence-electron chi connectivity index (χ2n) is 6.97. The van der Waals surface area contributed by atoms with Crippen molar-refractivity contribution in [2.24, 2.45) is 0 Å². The van der Waals surface area contributed by atoms with Gasteiger partial charge in [-0.2, -0.15) is 0 Å². The molecule has 2 aliphatic rings. The zero-order valence-corrected chi connectivity index (χ0v) is 15.5. The topological polar surface area (TPSA) is 48.1 Å². The molecule has 0 atom stereocenters. The number of amides is 1. The van der Waals surface area contributed by atoms with E-state index in [1.165, 1.54) is 7.11 Å². The van der Waals surface area contributed by atoms with Crippen LogP contribution in [-0.4, -0.2) is 86.6 Å². The van der Waals surface area contributed by atoms with Crippen molar-refractivity contribution in [3.63, 3.8) is 0 Å². The molecule has 1 N–H and O–H groups in total. The highest BCUT2D eigenvalue weighted by atomic mass is 19.1. The monoisotopic (exact) mass is 364 g/mol. The Bertz CT molecular complexity index is 599. The summed E-state index contributed by atoms with van der Waals surface area (Å²) < 4.78 is 18.8. The van der Waals surface area contributed by atoms with E-state index in [0.29, 0.717) is 6.42 Å². The third-order valence-corrected chi connectivity index (χ3v) is 5.20. The number of methoxy groups -OCH3 is 1. The van der Waals surface area contributed by atoms with Crippen LogP contribution in [0.3, 0.4) is 0 Å². The first kappa shape index (κ1) is 19.1. The number of nitrogens with one attached hydrogen (secondary N) is 1. The minimum Gasteiger partial charge on any atom is -0.494 e. The number of benzene rings is 1. The Morgan fingerprint density at radius 2 is 1.81 bits per heavy atom. The van der Waals surface area contributed by atoms with Gasteiger partial charge < -0.3 is 19.9 Å². The van der Waals surface area contributed by atoms with E-state index in [1.807, 2.05) is 11.0 Å². The summed E-state index contributed by atoms with van der Waals surface area (Å²) in [4.78, 5) is 18.9. The van der Waals surface area contributed by atoms with Crippen molar-refractivity contribution in [2.45, 2.75) is 13.0 Å². The van der Waals surface area contributed by atoms with Gasteiger partial charge in [-0.15, -0.1) is 0 Å². The molecule has 2 saturated heterocycles. The molecule has 2 fully saturated rings. The van der Waals surface area contributed by atoms with E-state index in [0.717, 1.165) is 71.0 Å². The SMILES string of the molecule is COc1ccc(CN2CCN(CCC(=O)N3CCNCC3)CC2)cc1F. The molecule has 7 heteroatoms. The van der Waals surface area contributed by atoms with Crippen LogP contribution in [0.1, 0.15) is 12.0 Å².